The third-order valence-corrected chi connectivity index (χ3v) is 3.84. The Labute approximate surface area is 120 Å². The van der Waals surface area contributed by atoms with Crippen molar-refractivity contribution in [3.63, 3.8) is 0 Å². The average Bonchev–Trinajstić information content (AvgIpc) is 2.85. The van der Waals surface area contributed by atoms with Gasteiger partial charge in [0, 0.05) is 13.7 Å². The van der Waals surface area contributed by atoms with Crippen molar-refractivity contribution in [2.45, 2.75) is 45.1 Å². The molecular weight excluding hydrogens is 260 g/mol. The first-order valence-electron chi connectivity index (χ1n) is 7.34. The molecular formula is C14H26N2O4. The van der Waals surface area contributed by atoms with Gasteiger partial charge in [-0.25, -0.2) is 4.79 Å². The Morgan fingerprint density at radius 1 is 1.40 bits per heavy atom. The van der Waals surface area contributed by atoms with Gasteiger partial charge in [0.15, 0.2) is 0 Å². The van der Waals surface area contributed by atoms with Gasteiger partial charge >= 0.3 is 12.0 Å². The summed E-state index contributed by atoms with van der Waals surface area (Å²) in [6.45, 7) is 2.97. The summed E-state index contributed by atoms with van der Waals surface area (Å²) in [5.74, 6) is -1.02. The molecule has 6 nitrogen and oxygen atoms in total. The Morgan fingerprint density at radius 3 is 2.75 bits per heavy atom. The van der Waals surface area contributed by atoms with Crippen LogP contribution in [0.1, 0.15) is 39.0 Å². The van der Waals surface area contributed by atoms with Crippen LogP contribution in [0.15, 0.2) is 0 Å². The maximum absolute atomic E-state index is 11.8. The smallest absolute Gasteiger partial charge is 0.315 e. The van der Waals surface area contributed by atoms with Crippen LogP contribution in [0.2, 0.25) is 0 Å². The molecule has 0 bridgehead atoms. The minimum absolute atomic E-state index is 0.00356. The fourth-order valence-corrected chi connectivity index (χ4v) is 2.81. The number of carboxylic acid groups (broad SMARTS) is 1. The van der Waals surface area contributed by atoms with Crippen LogP contribution in [0.5, 0.6) is 0 Å². The van der Waals surface area contributed by atoms with Gasteiger partial charge in [-0.3, -0.25) is 4.79 Å². The van der Waals surface area contributed by atoms with Crippen molar-refractivity contribution in [1.82, 2.24) is 10.6 Å². The van der Waals surface area contributed by atoms with E-state index in [-0.39, 0.29) is 23.9 Å². The van der Waals surface area contributed by atoms with E-state index in [1.807, 2.05) is 0 Å². The number of hydrogen-bond acceptors (Lipinski definition) is 3. The van der Waals surface area contributed by atoms with Crippen molar-refractivity contribution < 1.29 is 19.4 Å². The molecule has 6 heteroatoms. The Hall–Kier alpha value is -1.30. The summed E-state index contributed by atoms with van der Waals surface area (Å²) in [5.41, 5.74) is 0. The van der Waals surface area contributed by atoms with Crippen molar-refractivity contribution in [1.29, 1.82) is 0 Å². The molecule has 1 aliphatic rings. The first-order valence-corrected chi connectivity index (χ1v) is 7.34. The number of nitrogens with one attached hydrogen (secondary N) is 2. The Kier molecular flexibility index (Phi) is 7.36. The molecule has 1 rings (SSSR count). The van der Waals surface area contributed by atoms with Crippen molar-refractivity contribution in [2.75, 3.05) is 20.3 Å². The lowest BCUT2D eigenvalue weighted by Crippen LogP contribution is -2.45. The van der Waals surface area contributed by atoms with E-state index in [1.165, 1.54) is 0 Å². The summed E-state index contributed by atoms with van der Waals surface area (Å²) >= 11 is 0. The summed E-state index contributed by atoms with van der Waals surface area (Å²) in [6.07, 6.45) is 4.34. The van der Waals surface area contributed by atoms with Crippen molar-refractivity contribution in [2.24, 2.45) is 11.8 Å². The minimum Gasteiger partial charge on any atom is -0.481 e. The number of hydrogen-bond donors (Lipinski definition) is 3. The second-order valence-electron chi connectivity index (χ2n) is 5.43. The predicted molar refractivity (Wildman–Crippen MR) is 75.6 cm³/mol. The highest BCUT2D eigenvalue weighted by Gasteiger charge is 2.32. The van der Waals surface area contributed by atoms with Crippen molar-refractivity contribution in [3.8, 4) is 0 Å². The van der Waals surface area contributed by atoms with Crippen molar-refractivity contribution in [3.05, 3.63) is 0 Å². The summed E-state index contributed by atoms with van der Waals surface area (Å²) < 4.78 is 5.06. The average molecular weight is 286 g/mol. The summed E-state index contributed by atoms with van der Waals surface area (Å²) in [4.78, 5) is 22.9. The molecule has 0 aliphatic heterocycles. The van der Waals surface area contributed by atoms with Gasteiger partial charge in [-0.1, -0.05) is 19.8 Å². The highest BCUT2D eigenvalue weighted by molar-refractivity contribution is 5.74. The van der Waals surface area contributed by atoms with E-state index in [0.717, 1.165) is 25.7 Å². The fourth-order valence-electron chi connectivity index (χ4n) is 2.81. The number of carbonyl (C=O) groups is 2. The highest BCUT2D eigenvalue weighted by Crippen LogP contribution is 2.31. The zero-order chi connectivity index (χ0) is 15.0. The molecule has 0 radical (unpaired) electrons. The molecule has 0 aromatic heterocycles. The lowest BCUT2D eigenvalue weighted by atomic mass is 9.96. The fraction of sp³-hybridized carbons (Fsp3) is 0.857. The van der Waals surface area contributed by atoms with E-state index >= 15 is 0 Å². The number of carboxylic acids is 1. The number of ether oxygens (including phenoxy) is 1. The van der Waals surface area contributed by atoms with E-state index < -0.39 is 5.97 Å². The third-order valence-electron chi connectivity index (χ3n) is 3.84. The molecule has 3 atom stereocenters. The lowest BCUT2D eigenvalue weighted by molar-refractivity contribution is -0.142. The van der Waals surface area contributed by atoms with E-state index in [2.05, 4.69) is 17.6 Å². The van der Waals surface area contributed by atoms with Gasteiger partial charge in [-0.15, -0.1) is 0 Å². The molecule has 0 saturated heterocycles. The number of methoxy groups -OCH3 is 1. The SMILES string of the molecule is CCCC(COC)NC(=O)NCC1CCCC1C(=O)O. The largest absolute Gasteiger partial charge is 0.481 e. The minimum atomic E-state index is -0.752. The van der Waals surface area contributed by atoms with Crippen LogP contribution in [0, 0.1) is 11.8 Å². The van der Waals surface area contributed by atoms with Gasteiger partial charge in [-0.2, -0.15) is 0 Å². The van der Waals surface area contributed by atoms with Crippen LogP contribution in [-0.2, 0) is 9.53 Å². The molecule has 0 aromatic rings. The number of rotatable bonds is 8. The summed E-state index contributed by atoms with van der Waals surface area (Å²) in [7, 11) is 1.61. The standard InChI is InChI=1S/C14H26N2O4/c1-3-5-11(9-20-2)16-14(19)15-8-10-6-4-7-12(10)13(17)18/h10-12H,3-9H2,1-2H3,(H,17,18)(H2,15,16,19). The molecule has 116 valence electrons. The van der Waals surface area contributed by atoms with Crippen LogP contribution < -0.4 is 10.6 Å². The molecule has 2 amide bonds. The summed E-state index contributed by atoms with van der Waals surface area (Å²) in [5, 5.41) is 14.7. The van der Waals surface area contributed by atoms with Crippen LogP contribution >= 0.6 is 0 Å². The second kappa shape index (κ2) is 8.79. The molecule has 1 aliphatic carbocycles. The topological polar surface area (TPSA) is 87.7 Å². The molecule has 20 heavy (non-hydrogen) atoms. The predicted octanol–water partition coefficient (Wildman–Crippen LogP) is 1.60. The molecule has 0 heterocycles. The number of amides is 2. The maximum atomic E-state index is 11.8. The van der Waals surface area contributed by atoms with Crippen LogP contribution in [-0.4, -0.2) is 43.4 Å². The van der Waals surface area contributed by atoms with Gasteiger partial charge in [0.05, 0.1) is 18.6 Å². The Morgan fingerprint density at radius 2 is 2.15 bits per heavy atom. The van der Waals surface area contributed by atoms with Gasteiger partial charge in [0.25, 0.3) is 0 Å². The molecule has 3 N–H and O–H groups in total. The number of carbonyl (C=O) groups excluding carboxylic acids is 1. The summed E-state index contributed by atoms with van der Waals surface area (Å²) in [6, 6.07) is -0.236. The Balaban J connectivity index is 2.33. The van der Waals surface area contributed by atoms with Gasteiger partial charge in [0.2, 0.25) is 0 Å². The van der Waals surface area contributed by atoms with Gasteiger partial charge in [0.1, 0.15) is 0 Å². The zero-order valence-electron chi connectivity index (χ0n) is 12.4. The number of aliphatic carboxylic acids is 1. The highest BCUT2D eigenvalue weighted by atomic mass is 16.5. The molecule has 0 spiro atoms. The lowest BCUT2D eigenvalue weighted by Gasteiger charge is -2.20. The number of urea groups is 1. The monoisotopic (exact) mass is 286 g/mol. The van der Waals surface area contributed by atoms with Gasteiger partial charge < -0.3 is 20.5 Å². The van der Waals surface area contributed by atoms with Crippen LogP contribution in [0.4, 0.5) is 4.79 Å². The second-order valence-corrected chi connectivity index (χ2v) is 5.43. The third kappa shape index (κ3) is 5.36. The van der Waals surface area contributed by atoms with E-state index in [1.54, 1.807) is 7.11 Å². The first kappa shape index (κ1) is 16.8. The van der Waals surface area contributed by atoms with E-state index in [9.17, 15) is 9.59 Å². The first-order chi connectivity index (χ1) is 9.58. The zero-order valence-corrected chi connectivity index (χ0v) is 12.4. The van der Waals surface area contributed by atoms with Gasteiger partial charge in [-0.05, 0) is 25.2 Å². The van der Waals surface area contributed by atoms with E-state index in [4.69, 9.17) is 9.84 Å². The molecule has 3 unspecified atom stereocenters. The Bertz CT molecular complexity index is 316. The normalized spacial score (nSPS) is 23.3. The molecule has 1 fully saturated rings. The van der Waals surface area contributed by atoms with Crippen LogP contribution in [0.3, 0.4) is 0 Å². The van der Waals surface area contributed by atoms with E-state index in [0.29, 0.717) is 19.6 Å². The van der Waals surface area contributed by atoms with Crippen LogP contribution in [0.25, 0.3) is 0 Å². The molecule has 0 aromatic carbocycles. The van der Waals surface area contributed by atoms with Crippen molar-refractivity contribution >= 4 is 12.0 Å². The quantitative estimate of drug-likeness (QED) is 0.632. The molecule has 1 saturated carbocycles. The maximum Gasteiger partial charge on any atom is 0.315 e.